The Morgan fingerprint density at radius 2 is 1.76 bits per heavy atom. The van der Waals surface area contributed by atoms with Crippen LogP contribution in [0.15, 0.2) is 70.0 Å². The number of nitrogens with zero attached hydrogens (tertiary/aromatic N) is 1. The van der Waals surface area contributed by atoms with E-state index in [1.54, 1.807) is 36.4 Å². The minimum atomic E-state index is -3.75. The first-order valence-corrected chi connectivity index (χ1v) is 12.0. The van der Waals surface area contributed by atoms with Crippen molar-refractivity contribution < 1.29 is 26.8 Å². The number of hydrogen-bond acceptors (Lipinski definition) is 5. The predicted octanol–water partition coefficient (Wildman–Crippen LogP) is 3.81. The highest BCUT2D eigenvalue weighted by Gasteiger charge is 2.32. The van der Waals surface area contributed by atoms with Gasteiger partial charge < -0.3 is 14.5 Å². The number of carbonyl (C=O) groups is 1. The molecule has 0 aliphatic carbocycles. The second kappa shape index (κ2) is 9.46. The van der Waals surface area contributed by atoms with Gasteiger partial charge >= 0.3 is 0 Å². The molecule has 7 nitrogen and oxygen atoms in total. The first-order valence-electron chi connectivity index (χ1n) is 10.6. The van der Waals surface area contributed by atoms with E-state index in [0.717, 1.165) is 5.56 Å². The molecule has 0 spiro atoms. The Bertz CT molecular complexity index is 1230. The first kappa shape index (κ1) is 23.2. The van der Waals surface area contributed by atoms with Crippen molar-refractivity contribution in [2.75, 3.05) is 13.1 Å². The summed E-state index contributed by atoms with van der Waals surface area (Å²) in [6.07, 6.45) is -0.411. The van der Waals surface area contributed by atoms with Crippen molar-refractivity contribution in [1.29, 1.82) is 0 Å². The molecule has 0 bridgehead atoms. The van der Waals surface area contributed by atoms with Crippen LogP contribution in [0.2, 0.25) is 0 Å². The highest BCUT2D eigenvalue weighted by atomic mass is 32.2. The monoisotopic (exact) mass is 472 g/mol. The third-order valence-electron chi connectivity index (χ3n) is 5.33. The molecule has 2 unspecified atom stereocenters. The number of nitrogens with one attached hydrogen (secondary N) is 1. The third-order valence-corrected chi connectivity index (χ3v) is 7.16. The minimum absolute atomic E-state index is 0.0630. The quantitative estimate of drug-likeness (QED) is 0.589. The van der Waals surface area contributed by atoms with E-state index in [-0.39, 0.29) is 48.1 Å². The summed E-state index contributed by atoms with van der Waals surface area (Å²) in [5.41, 5.74) is 0.953. The molecule has 0 radical (unpaired) electrons. The summed E-state index contributed by atoms with van der Waals surface area (Å²) >= 11 is 0. The summed E-state index contributed by atoms with van der Waals surface area (Å²) in [4.78, 5) is 12.7. The van der Waals surface area contributed by atoms with Crippen LogP contribution in [0.25, 0.3) is 11.3 Å². The highest BCUT2D eigenvalue weighted by molar-refractivity contribution is 7.89. The Labute approximate surface area is 192 Å². The van der Waals surface area contributed by atoms with Gasteiger partial charge in [-0.2, -0.15) is 4.31 Å². The molecule has 33 heavy (non-hydrogen) atoms. The van der Waals surface area contributed by atoms with Gasteiger partial charge in [0.05, 0.1) is 23.6 Å². The zero-order valence-corrected chi connectivity index (χ0v) is 19.1. The molecule has 3 aromatic rings. The van der Waals surface area contributed by atoms with Gasteiger partial charge in [0.1, 0.15) is 17.3 Å². The molecule has 2 atom stereocenters. The van der Waals surface area contributed by atoms with Crippen LogP contribution in [0.3, 0.4) is 0 Å². The van der Waals surface area contributed by atoms with Crippen LogP contribution in [0.1, 0.15) is 30.0 Å². The predicted molar refractivity (Wildman–Crippen MR) is 120 cm³/mol. The van der Waals surface area contributed by atoms with E-state index in [1.807, 2.05) is 13.8 Å². The molecule has 174 valence electrons. The van der Waals surface area contributed by atoms with Gasteiger partial charge in [-0.05, 0) is 68.4 Å². The van der Waals surface area contributed by atoms with Crippen molar-refractivity contribution in [3.05, 3.63) is 77.8 Å². The maximum atomic E-state index is 13.1. The lowest BCUT2D eigenvalue weighted by molar-refractivity contribution is -0.0440. The number of carbonyl (C=O) groups excluding carboxylic acids is 1. The van der Waals surface area contributed by atoms with Crippen molar-refractivity contribution in [2.24, 2.45) is 0 Å². The fourth-order valence-electron chi connectivity index (χ4n) is 3.79. The molecular weight excluding hydrogens is 447 g/mol. The summed E-state index contributed by atoms with van der Waals surface area (Å²) in [6, 6.07) is 15.3. The molecule has 1 amide bonds. The average Bonchev–Trinajstić information content (AvgIpc) is 3.26. The summed E-state index contributed by atoms with van der Waals surface area (Å²) in [6.45, 7) is 4.31. The first-order chi connectivity index (χ1) is 15.7. The van der Waals surface area contributed by atoms with Crippen LogP contribution >= 0.6 is 0 Å². The Kier molecular flexibility index (Phi) is 6.64. The van der Waals surface area contributed by atoms with Gasteiger partial charge in [0.25, 0.3) is 5.91 Å². The van der Waals surface area contributed by atoms with Crippen molar-refractivity contribution in [1.82, 2.24) is 9.62 Å². The lowest BCUT2D eigenvalue weighted by atomic mass is 10.2. The maximum Gasteiger partial charge on any atom is 0.251 e. The Morgan fingerprint density at radius 3 is 2.45 bits per heavy atom. The van der Waals surface area contributed by atoms with Gasteiger partial charge in [-0.25, -0.2) is 12.8 Å². The van der Waals surface area contributed by atoms with E-state index in [0.29, 0.717) is 11.5 Å². The van der Waals surface area contributed by atoms with E-state index in [4.69, 9.17) is 9.15 Å². The standard InChI is InChI=1S/C24H25FN2O5S/c1-16-14-27(15-17(2)31-16)33(29,30)22-5-3-4-19(12-22)24(28)26-13-21-10-11-23(32-21)18-6-8-20(25)9-7-18/h3-12,16-17H,13-15H2,1-2H3,(H,26,28). The van der Waals surface area contributed by atoms with Crippen LogP contribution in [0.5, 0.6) is 0 Å². The molecule has 2 heterocycles. The number of rotatable bonds is 6. The van der Waals surface area contributed by atoms with Crippen LogP contribution in [0.4, 0.5) is 4.39 Å². The molecule has 1 N–H and O–H groups in total. The van der Waals surface area contributed by atoms with Gasteiger partial charge in [-0.3, -0.25) is 4.79 Å². The maximum absolute atomic E-state index is 13.1. The number of amides is 1. The van der Waals surface area contributed by atoms with Crippen LogP contribution < -0.4 is 5.32 Å². The van der Waals surface area contributed by atoms with Gasteiger partial charge in [0.15, 0.2) is 0 Å². The third kappa shape index (κ3) is 5.32. The molecular formula is C24H25FN2O5S. The van der Waals surface area contributed by atoms with Crippen LogP contribution in [-0.2, 0) is 21.3 Å². The van der Waals surface area contributed by atoms with Crippen LogP contribution in [0, 0.1) is 5.82 Å². The summed E-state index contributed by atoms with van der Waals surface area (Å²) < 4.78 is 52.0. The van der Waals surface area contributed by atoms with Gasteiger partial charge in [0.2, 0.25) is 10.0 Å². The van der Waals surface area contributed by atoms with Crippen LogP contribution in [-0.4, -0.2) is 43.9 Å². The average molecular weight is 473 g/mol. The molecule has 1 saturated heterocycles. The number of halogens is 1. The summed E-state index contributed by atoms with van der Waals surface area (Å²) in [5.74, 6) is 0.319. The van der Waals surface area contributed by atoms with Crippen molar-refractivity contribution in [3.8, 4) is 11.3 Å². The molecule has 2 aromatic carbocycles. The normalized spacial score (nSPS) is 19.4. The van der Waals surface area contributed by atoms with E-state index in [1.165, 1.54) is 28.6 Å². The fraction of sp³-hybridized carbons (Fsp3) is 0.292. The number of morpholine rings is 1. The second-order valence-electron chi connectivity index (χ2n) is 8.06. The van der Waals surface area contributed by atoms with Crippen molar-refractivity contribution in [2.45, 2.75) is 37.5 Å². The lowest BCUT2D eigenvalue weighted by Crippen LogP contribution is -2.48. The number of ether oxygens (including phenoxy) is 1. The fourth-order valence-corrected chi connectivity index (χ4v) is 5.42. The molecule has 9 heteroatoms. The highest BCUT2D eigenvalue weighted by Crippen LogP contribution is 2.23. The number of hydrogen-bond donors (Lipinski definition) is 1. The van der Waals surface area contributed by atoms with Crippen molar-refractivity contribution >= 4 is 15.9 Å². The molecule has 0 saturated carbocycles. The van der Waals surface area contributed by atoms with Crippen molar-refractivity contribution in [3.63, 3.8) is 0 Å². The number of furan rings is 1. The van der Waals surface area contributed by atoms with Gasteiger partial charge in [-0.15, -0.1) is 0 Å². The Balaban J connectivity index is 1.43. The topological polar surface area (TPSA) is 88.9 Å². The smallest absolute Gasteiger partial charge is 0.251 e. The number of sulfonamides is 1. The largest absolute Gasteiger partial charge is 0.459 e. The summed E-state index contributed by atoms with van der Waals surface area (Å²) in [5, 5.41) is 2.74. The molecule has 1 aromatic heterocycles. The Morgan fingerprint density at radius 1 is 1.06 bits per heavy atom. The lowest BCUT2D eigenvalue weighted by Gasteiger charge is -2.34. The molecule has 1 fully saturated rings. The van der Waals surface area contributed by atoms with Gasteiger partial charge in [0, 0.05) is 24.2 Å². The molecule has 1 aliphatic heterocycles. The SMILES string of the molecule is CC1CN(S(=O)(=O)c2cccc(C(=O)NCc3ccc(-c4ccc(F)cc4)o3)c2)CC(C)O1. The Hall–Kier alpha value is -3.01. The zero-order valence-electron chi connectivity index (χ0n) is 18.3. The number of benzene rings is 2. The molecule has 1 aliphatic rings. The summed E-state index contributed by atoms with van der Waals surface area (Å²) in [7, 11) is -3.75. The van der Waals surface area contributed by atoms with E-state index in [9.17, 15) is 17.6 Å². The van der Waals surface area contributed by atoms with E-state index >= 15 is 0 Å². The minimum Gasteiger partial charge on any atom is -0.459 e. The zero-order chi connectivity index (χ0) is 23.6. The van der Waals surface area contributed by atoms with Gasteiger partial charge in [-0.1, -0.05) is 6.07 Å². The molecule has 4 rings (SSSR count). The van der Waals surface area contributed by atoms with E-state index < -0.39 is 15.9 Å². The van der Waals surface area contributed by atoms with E-state index in [2.05, 4.69) is 5.32 Å². The second-order valence-corrected chi connectivity index (χ2v) is 10.0.